The topological polar surface area (TPSA) is 8.17 Å². The lowest BCUT2D eigenvalue weighted by Gasteiger charge is -2.26. The van der Waals surface area contributed by atoms with Crippen molar-refractivity contribution in [1.82, 2.24) is 4.57 Å². The van der Waals surface area contributed by atoms with Crippen LogP contribution in [0.15, 0.2) is 206 Å². The Kier molecular flexibility index (Phi) is 7.53. The van der Waals surface area contributed by atoms with Crippen LogP contribution in [0.2, 0.25) is 0 Å². The Labute approximate surface area is 292 Å². The van der Waals surface area contributed by atoms with Crippen molar-refractivity contribution in [3.8, 4) is 39.1 Å². The Balaban J connectivity index is 1.18. The van der Waals surface area contributed by atoms with E-state index >= 15 is 0 Å². The Morgan fingerprint density at radius 2 is 0.800 bits per heavy atom. The monoisotopic (exact) mass is 638 g/mol. The van der Waals surface area contributed by atoms with Gasteiger partial charge in [-0.1, -0.05) is 152 Å². The van der Waals surface area contributed by atoms with Crippen LogP contribution in [0, 0.1) is 0 Å². The minimum absolute atomic E-state index is 1.12. The van der Waals surface area contributed by atoms with Crippen molar-refractivity contribution in [2.24, 2.45) is 0 Å². The molecule has 0 radical (unpaired) electrons. The Morgan fingerprint density at radius 1 is 0.300 bits per heavy atom. The van der Waals surface area contributed by atoms with Gasteiger partial charge in [-0.15, -0.1) is 0 Å². The smallest absolute Gasteiger partial charge is 0.0547 e. The Morgan fingerprint density at radius 3 is 1.54 bits per heavy atom. The molecule has 0 aliphatic carbocycles. The molecule has 9 aromatic rings. The summed E-state index contributed by atoms with van der Waals surface area (Å²) in [5, 5.41) is 2.49. The lowest BCUT2D eigenvalue weighted by molar-refractivity contribution is 1.18. The molecule has 0 atom stereocenters. The molecule has 2 heteroatoms. The second kappa shape index (κ2) is 12.8. The second-order valence-electron chi connectivity index (χ2n) is 12.6. The van der Waals surface area contributed by atoms with Gasteiger partial charge >= 0.3 is 0 Å². The van der Waals surface area contributed by atoms with Gasteiger partial charge in [0.2, 0.25) is 0 Å². The van der Waals surface area contributed by atoms with Crippen LogP contribution in [-0.2, 0) is 0 Å². The summed E-state index contributed by atoms with van der Waals surface area (Å²) in [6.45, 7) is 0. The van der Waals surface area contributed by atoms with Gasteiger partial charge in [-0.25, -0.2) is 0 Å². The van der Waals surface area contributed by atoms with Crippen molar-refractivity contribution in [1.29, 1.82) is 0 Å². The number of hydrogen-bond donors (Lipinski definition) is 0. The number of para-hydroxylation sites is 4. The zero-order chi connectivity index (χ0) is 33.3. The third kappa shape index (κ3) is 5.34. The van der Waals surface area contributed by atoms with Crippen molar-refractivity contribution in [2.45, 2.75) is 0 Å². The van der Waals surface area contributed by atoms with E-state index in [1.807, 2.05) is 0 Å². The summed E-state index contributed by atoms with van der Waals surface area (Å²) in [5.74, 6) is 0. The van der Waals surface area contributed by atoms with Gasteiger partial charge in [0.05, 0.1) is 16.7 Å². The molecular formula is C48H34N2. The fraction of sp³-hybridized carbons (Fsp3) is 0. The molecule has 0 saturated heterocycles. The predicted molar refractivity (Wildman–Crippen MR) is 212 cm³/mol. The van der Waals surface area contributed by atoms with E-state index in [1.54, 1.807) is 0 Å². The average Bonchev–Trinajstić information content (AvgIpc) is 3.53. The highest BCUT2D eigenvalue weighted by molar-refractivity contribution is 6.10. The minimum Gasteiger partial charge on any atom is -0.310 e. The van der Waals surface area contributed by atoms with Crippen LogP contribution in [0.1, 0.15) is 0 Å². The van der Waals surface area contributed by atoms with Crippen LogP contribution < -0.4 is 4.90 Å². The molecule has 0 aliphatic rings. The Hall–Kier alpha value is -6.64. The number of aromatic nitrogens is 1. The zero-order valence-corrected chi connectivity index (χ0v) is 27.5. The molecular weight excluding hydrogens is 605 g/mol. The van der Waals surface area contributed by atoms with Gasteiger partial charge in [-0.05, 0) is 82.4 Å². The quantitative estimate of drug-likeness (QED) is 0.169. The normalized spacial score (nSPS) is 11.2. The highest BCUT2D eigenvalue weighted by Gasteiger charge is 2.17. The summed E-state index contributed by atoms with van der Waals surface area (Å²) in [6.07, 6.45) is 0. The first kappa shape index (κ1) is 29.5. The highest BCUT2D eigenvalue weighted by Crippen LogP contribution is 2.40. The van der Waals surface area contributed by atoms with Crippen molar-refractivity contribution in [3.63, 3.8) is 0 Å². The lowest BCUT2D eigenvalue weighted by atomic mass is 9.99. The largest absolute Gasteiger partial charge is 0.310 e. The standard InChI is InChI=1S/C48H34N2/c1-4-15-35(16-5-1)36-27-29-37(30-28-36)43-23-10-12-25-46(43)50-47-26-13-11-24-44(47)45-32-31-39(34-48(45)50)38-17-14-22-42(33-38)49(40-18-6-2-7-19-40)41-20-8-3-9-21-41/h1-34H. The van der Waals surface area contributed by atoms with Crippen LogP contribution in [0.5, 0.6) is 0 Å². The fourth-order valence-electron chi connectivity index (χ4n) is 7.22. The van der Waals surface area contributed by atoms with Gasteiger partial charge < -0.3 is 9.47 Å². The maximum Gasteiger partial charge on any atom is 0.0547 e. The van der Waals surface area contributed by atoms with Gasteiger partial charge in [0, 0.05) is 33.4 Å². The van der Waals surface area contributed by atoms with E-state index < -0.39 is 0 Å². The molecule has 0 bridgehead atoms. The molecule has 0 fully saturated rings. The first-order valence-corrected chi connectivity index (χ1v) is 17.1. The number of hydrogen-bond acceptors (Lipinski definition) is 1. The summed E-state index contributed by atoms with van der Waals surface area (Å²) < 4.78 is 2.44. The van der Waals surface area contributed by atoms with Crippen molar-refractivity contribution < 1.29 is 0 Å². The lowest BCUT2D eigenvalue weighted by Crippen LogP contribution is -2.09. The third-order valence-electron chi connectivity index (χ3n) is 9.59. The molecule has 9 rings (SSSR count). The summed E-state index contributed by atoms with van der Waals surface area (Å²) in [4.78, 5) is 2.32. The molecule has 0 spiro atoms. The molecule has 0 aliphatic heterocycles. The van der Waals surface area contributed by atoms with E-state index in [-0.39, 0.29) is 0 Å². The molecule has 50 heavy (non-hydrogen) atoms. The molecule has 0 amide bonds. The van der Waals surface area contributed by atoms with Crippen LogP contribution in [0.25, 0.3) is 60.9 Å². The van der Waals surface area contributed by atoms with Gasteiger partial charge in [0.1, 0.15) is 0 Å². The molecule has 236 valence electrons. The number of anilines is 3. The molecule has 0 N–H and O–H groups in total. The van der Waals surface area contributed by atoms with Gasteiger partial charge in [0.25, 0.3) is 0 Å². The first-order valence-electron chi connectivity index (χ1n) is 17.1. The highest BCUT2D eigenvalue weighted by atomic mass is 15.1. The van der Waals surface area contributed by atoms with E-state index in [2.05, 4.69) is 216 Å². The van der Waals surface area contributed by atoms with Gasteiger partial charge in [-0.2, -0.15) is 0 Å². The molecule has 2 nitrogen and oxygen atoms in total. The van der Waals surface area contributed by atoms with Crippen molar-refractivity contribution >= 4 is 38.9 Å². The van der Waals surface area contributed by atoms with E-state index in [4.69, 9.17) is 0 Å². The predicted octanol–water partition coefficient (Wildman–Crippen LogP) is 13.3. The number of fused-ring (bicyclic) bond motifs is 3. The number of nitrogens with zero attached hydrogens (tertiary/aromatic N) is 2. The molecule has 1 aromatic heterocycles. The second-order valence-corrected chi connectivity index (χ2v) is 12.6. The molecule has 8 aromatic carbocycles. The van der Waals surface area contributed by atoms with E-state index in [1.165, 1.54) is 55.2 Å². The SMILES string of the molecule is c1ccc(-c2ccc(-c3ccccc3-n3c4ccccc4c4ccc(-c5cccc(N(c6ccccc6)c6ccccc6)c5)cc43)cc2)cc1. The molecule has 1 heterocycles. The van der Waals surface area contributed by atoms with Crippen LogP contribution in [-0.4, -0.2) is 4.57 Å². The van der Waals surface area contributed by atoms with E-state index in [0.717, 1.165) is 22.7 Å². The fourth-order valence-corrected chi connectivity index (χ4v) is 7.22. The van der Waals surface area contributed by atoms with Crippen molar-refractivity contribution in [3.05, 3.63) is 206 Å². The van der Waals surface area contributed by atoms with Gasteiger partial charge in [0.15, 0.2) is 0 Å². The summed E-state index contributed by atoms with van der Waals surface area (Å²) >= 11 is 0. The minimum atomic E-state index is 1.12. The van der Waals surface area contributed by atoms with Gasteiger partial charge in [-0.3, -0.25) is 0 Å². The maximum absolute atomic E-state index is 2.44. The van der Waals surface area contributed by atoms with E-state index in [0.29, 0.717) is 0 Å². The molecule has 0 unspecified atom stereocenters. The summed E-state index contributed by atoms with van der Waals surface area (Å²) in [6, 6.07) is 74.0. The van der Waals surface area contributed by atoms with Crippen LogP contribution in [0.4, 0.5) is 17.1 Å². The number of benzene rings is 8. The zero-order valence-electron chi connectivity index (χ0n) is 27.5. The summed E-state index contributed by atoms with van der Waals surface area (Å²) in [5.41, 5.74) is 14.1. The van der Waals surface area contributed by atoms with Crippen LogP contribution in [0.3, 0.4) is 0 Å². The van der Waals surface area contributed by atoms with E-state index in [9.17, 15) is 0 Å². The number of rotatable bonds is 7. The van der Waals surface area contributed by atoms with Crippen molar-refractivity contribution in [2.75, 3.05) is 4.90 Å². The average molecular weight is 639 g/mol. The molecule has 0 saturated carbocycles. The third-order valence-corrected chi connectivity index (χ3v) is 9.59. The first-order chi connectivity index (χ1) is 24.8. The maximum atomic E-state index is 2.44. The van der Waals surface area contributed by atoms with Crippen LogP contribution >= 0.6 is 0 Å². The Bertz CT molecular complexity index is 2530. The summed E-state index contributed by atoms with van der Waals surface area (Å²) in [7, 11) is 0.